The van der Waals surface area contributed by atoms with Crippen molar-refractivity contribution in [3.05, 3.63) is 23.3 Å². The minimum atomic E-state index is 1.32. The van der Waals surface area contributed by atoms with Crippen LogP contribution >= 0.6 is 0 Å². The van der Waals surface area contributed by atoms with Crippen LogP contribution in [0.3, 0.4) is 0 Å². The predicted molar refractivity (Wildman–Crippen MR) is 73.7 cm³/mol. The van der Waals surface area contributed by atoms with Gasteiger partial charge in [0.1, 0.15) is 0 Å². The lowest BCUT2D eigenvalue weighted by molar-refractivity contribution is 0.720. The standard InChI is InChI=1S/2C8H14/c2*1-2-3-4-5-8-6-7-8/h2*6H,2-5,7H2,1H3. The van der Waals surface area contributed by atoms with Crippen LogP contribution in [0.4, 0.5) is 0 Å². The van der Waals surface area contributed by atoms with Crippen molar-refractivity contribution in [2.75, 3.05) is 0 Å². The van der Waals surface area contributed by atoms with Crippen molar-refractivity contribution in [3.8, 4) is 0 Å². The van der Waals surface area contributed by atoms with Gasteiger partial charge < -0.3 is 0 Å². The van der Waals surface area contributed by atoms with Gasteiger partial charge in [-0.2, -0.15) is 0 Å². The quantitative estimate of drug-likeness (QED) is 0.358. The first kappa shape index (κ1) is 13.5. The Hall–Kier alpha value is -0.520. The summed E-state index contributed by atoms with van der Waals surface area (Å²) in [4.78, 5) is 0. The number of hydrogen-bond donors (Lipinski definition) is 0. The van der Waals surface area contributed by atoms with Crippen molar-refractivity contribution in [2.24, 2.45) is 0 Å². The molecule has 0 N–H and O–H groups in total. The van der Waals surface area contributed by atoms with Crippen molar-refractivity contribution in [1.29, 1.82) is 0 Å². The van der Waals surface area contributed by atoms with Gasteiger partial charge in [0.05, 0.1) is 0 Å². The summed E-state index contributed by atoms with van der Waals surface area (Å²) in [6.45, 7) is 4.50. The highest BCUT2D eigenvalue weighted by Crippen LogP contribution is 2.24. The fraction of sp³-hybridized carbons (Fsp3) is 0.750. The first-order valence-corrected chi connectivity index (χ1v) is 7.22. The Balaban J connectivity index is 0.000000160. The summed E-state index contributed by atoms with van der Waals surface area (Å²) in [5, 5.41) is 0. The first-order chi connectivity index (χ1) is 7.86. The van der Waals surface area contributed by atoms with E-state index in [-0.39, 0.29) is 0 Å². The second kappa shape index (κ2) is 8.61. The van der Waals surface area contributed by atoms with Gasteiger partial charge >= 0.3 is 0 Å². The van der Waals surface area contributed by atoms with E-state index in [9.17, 15) is 0 Å². The molecule has 0 nitrogen and oxygen atoms in total. The van der Waals surface area contributed by atoms with Crippen LogP contribution in [-0.2, 0) is 0 Å². The Labute approximate surface area is 102 Å². The van der Waals surface area contributed by atoms with Gasteiger partial charge in [0.2, 0.25) is 0 Å². The molecule has 0 atom stereocenters. The zero-order valence-corrected chi connectivity index (χ0v) is 11.2. The summed E-state index contributed by atoms with van der Waals surface area (Å²) in [6, 6.07) is 0. The largest absolute Gasteiger partial charge is 0.0810 e. The molecular weight excluding hydrogens is 192 g/mol. The molecule has 0 aliphatic heterocycles. The smallest absolute Gasteiger partial charge is 0.0136 e. The third kappa shape index (κ3) is 8.76. The van der Waals surface area contributed by atoms with Crippen LogP contribution in [-0.4, -0.2) is 0 Å². The minimum absolute atomic E-state index is 1.32. The number of unbranched alkanes of at least 4 members (excludes halogenated alkanes) is 4. The second-order valence-electron chi connectivity index (χ2n) is 5.05. The molecule has 0 aromatic carbocycles. The van der Waals surface area contributed by atoms with Gasteiger partial charge in [-0.25, -0.2) is 0 Å². The van der Waals surface area contributed by atoms with E-state index in [1.54, 1.807) is 11.1 Å². The van der Waals surface area contributed by atoms with Gasteiger partial charge in [-0.1, -0.05) is 62.8 Å². The number of rotatable bonds is 8. The molecule has 0 bridgehead atoms. The minimum Gasteiger partial charge on any atom is -0.0810 e. The number of hydrogen-bond acceptors (Lipinski definition) is 0. The average Bonchev–Trinajstić information content (AvgIpc) is 3.15. The Bertz CT molecular complexity index is 206. The first-order valence-electron chi connectivity index (χ1n) is 7.22. The molecule has 0 heterocycles. The Morgan fingerprint density at radius 3 is 1.38 bits per heavy atom. The summed E-state index contributed by atoms with van der Waals surface area (Å²) in [6.07, 6.45) is 18.4. The van der Waals surface area contributed by atoms with E-state index in [1.165, 1.54) is 64.2 Å². The lowest BCUT2D eigenvalue weighted by Gasteiger charge is -1.90. The molecule has 0 amide bonds. The monoisotopic (exact) mass is 220 g/mol. The molecule has 16 heavy (non-hydrogen) atoms. The molecule has 2 aliphatic carbocycles. The van der Waals surface area contributed by atoms with Gasteiger partial charge in [0.25, 0.3) is 0 Å². The van der Waals surface area contributed by atoms with Crippen LogP contribution in [0.5, 0.6) is 0 Å². The molecule has 2 rings (SSSR count). The lowest BCUT2D eigenvalue weighted by atomic mass is 10.2. The third-order valence-electron chi connectivity index (χ3n) is 3.19. The summed E-state index contributed by atoms with van der Waals surface area (Å²) in [7, 11) is 0. The van der Waals surface area contributed by atoms with Crippen molar-refractivity contribution in [2.45, 2.75) is 78.1 Å². The van der Waals surface area contributed by atoms with E-state index < -0.39 is 0 Å². The van der Waals surface area contributed by atoms with Crippen LogP contribution in [0.15, 0.2) is 23.3 Å². The predicted octanol–water partition coefficient (Wildman–Crippen LogP) is 5.79. The molecule has 0 radical (unpaired) electrons. The molecule has 92 valence electrons. The van der Waals surface area contributed by atoms with Crippen molar-refractivity contribution in [1.82, 2.24) is 0 Å². The van der Waals surface area contributed by atoms with Gasteiger partial charge in [0.15, 0.2) is 0 Å². The van der Waals surface area contributed by atoms with Crippen molar-refractivity contribution >= 4 is 0 Å². The Morgan fingerprint density at radius 2 is 1.12 bits per heavy atom. The van der Waals surface area contributed by atoms with Gasteiger partial charge in [0, 0.05) is 0 Å². The summed E-state index contributed by atoms with van der Waals surface area (Å²) >= 11 is 0. The van der Waals surface area contributed by atoms with Crippen LogP contribution in [0.2, 0.25) is 0 Å². The summed E-state index contributed by atoms with van der Waals surface area (Å²) in [5.41, 5.74) is 3.39. The van der Waals surface area contributed by atoms with Crippen molar-refractivity contribution in [3.63, 3.8) is 0 Å². The second-order valence-corrected chi connectivity index (χ2v) is 5.05. The molecule has 0 saturated carbocycles. The molecule has 0 saturated heterocycles. The topological polar surface area (TPSA) is 0 Å². The maximum Gasteiger partial charge on any atom is -0.0136 e. The molecule has 0 unspecified atom stereocenters. The van der Waals surface area contributed by atoms with Crippen LogP contribution < -0.4 is 0 Å². The fourth-order valence-electron chi connectivity index (χ4n) is 1.76. The van der Waals surface area contributed by atoms with E-state index in [1.807, 2.05) is 0 Å². The maximum absolute atomic E-state index is 2.33. The zero-order chi connectivity index (χ0) is 11.6. The Kier molecular flexibility index (Phi) is 7.29. The fourth-order valence-corrected chi connectivity index (χ4v) is 1.76. The maximum atomic E-state index is 2.33. The molecule has 0 spiro atoms. The molecule has 0 aromatic heterocycles. The van der Waals surface area contributed by atoms with Gasteiger partial charge in [-0.3, -0.25) is 0 Å². The van der Waals surface area contributed by atoms with Crippen LogP contribution in [0.25, 0.3) is 0 Å². The molecular formula is C16H28. The van der Waals surface area contributed by atoms with E-state index in [0.717, 1.165) is 0 Å². The zero-order valence-electron chi connectivity index (χ0n) is 11.2. The van der Waals surface area contributed by atoms with E-state index >= 15 is 0 Å². The van der Waals surface area contributed by atoms with Crippen LogP contribution in [0.1, 0.15) is 78.1 Å². The third-order valence-corrected chi connectivity index (χ3v) is 3.19. The highest BCUT2D eigenvalue weighted by atomic mass is 14.1. The van der Waals surface area contributed by atoms with Gasteiger partial charge in [-0.15, -0.1) is 0 Å². The molecule has 2 aliphatic rings. The SMILES string of the molecule is CCCCCC1=CC1.CCCCCC1=CC1. The highest BCUT2D eigenvalue weighted by molar-refractivity contribution is 5.21. The lowest BCUT2D eigenvalue weighted by Crippen LogP contribution is -1.70. The molecule has 0 aromatic rings. The van der Waals surface area contributed by atoms with E-state index in [4.69, 9.17) is 0 Å². The molecule has 0 fully saturated rings. The summed E-state index contributed by atoms with van der Waals surface area (Å²) < 4.78 is 0. The average molecular weight is 220 g/mol. The van der Waals surface area contributed by atoms with E-state index in [2.05, 4.69) is 26.0 Å². The number of allylic oxidation sites excluding steroid dienone is 4. The van der Waals surface area contributed by atoms with Crippen LogP contribution in [0, 0.1) is 0 Å². The highest BCUT2D eigenvalue weighted by Gasteiger charge is 2.04. The molecule has 0 heteroatoms. The normalized spacial score (nSPS) is 15.9. The van der Waals surface area contributed by atoms with E-state index in [0.29, 0.717) is 0 Å². The van der Waals surface area contributed by atoms with Gasteiger partial charge in [-0.05, 0) is 38.5 Å². The Morgan fingerprint density at radius 1 is 0.750 bits per heavy atom. The summed E-state index contributed by atoms with van der Waals surface area (Å²) in [5.74, 6) is 0. The van der Waals surface area contributed by atoms with Crippen molar-refractivity contribution < 1.29 is 0 Å².